The van der Waals surface area contributed by atoms with Gasteiger partial charge in [0.2, 0.25) is 0 Å². The Balaban J connectivity index is 1.93. The Morgan fingerprint density at radius 2 is 2.17 bits per heavy atom. The predicted molar refractivity (Wildman–Crippen MR) is 84.8 cm³/mol. The number of fused-ring (bicyclic) bond motifs is 1. The van der Waals surface area contributed by atoms with Crippen molar-refractivity contribution in [3.8, 4) is 0 Å². The van der Waals surface area contributed by atoms with Crippen LogP contribution in [-0.2, 0) is 20.9 Å². The highest BCUT2D eigenvalue weighted by Crippen LogP contribution is 2.28. The van der Waals surface area contributed by atoms with Crippen LogP contribution >= 0.6 is 0 Å². The number of furan rings is 1. The molecule has 0 saturated carbocycles. The van der Waals surface area contributed by atoms with Crippen LogP contribution in [0.2, 0.25) is 0 Å². The summed E-state index contributed by atoms with van der Waals surface area (Å²) in [6.45, 7) is 0.811. The fourth-order valence-electron chi connectivity index (χ4n) is 3.05. The number of aliphatic carboxylic acids is 1. The Morgan fingerprint density at radius 3 is 2.83 bits per heavy atom. The molecule has 7 heteroatoms. The SMILES string of the molecule is COCc1c(C(=O)NC2(CC(=O)O)CCOC2)oc2ccccc12. The number of benzene rings is 1. The Hall–Kier alpha value is -2.38. The number of hydrogen-bond donors (Lipinski definition) is 2. The maximum atomic E-state index is 12.7. The van der Waals surface area contributed by atoms with Crippen LogP contribution < -0.4 is 5.32 Å². The largest absolute Gasteiger partial charge is 0.481 e. The summed E-state index contributed by atoms with van der Waals surface area (Å²) in [4.78, 5) is 23.9. The van der Waals surface area contributed by atoms with Crippen LogP contribution in [0.3, 0.4) is 0 Å². The fraction of sp³-hybridized carbons (Fsp3) is 0.412. The Kier molecular flexibility index (Phi) is 4.55. The molecule has 24 heavy (non-hydrogen) atoms. The van der Waals surface area contributed by atoms with Crippen LogP contribution in [-0.4, -0.2) is 42.8 Å². The Labute approximate surface area is 138 Å². The summed E-state index contributed by atoms with van der Waals surface area (Å²) in [5.41, 5.74) is 0.325. The van der Waals surface area contributed by atoms with E-state index < -0.39 is 17.4 Å². The maximum Gasteiger partial charge on any atom is 0.305 e. The number of carboxylic acid groups (broad SMARTS) is 1. The number of ether oxygens (including phenoxy) is 2. The third-order valence-electron chi connectivity index (χ3n) is 4.16. The molecular weight excluding hydrogens is 314 g/mol. The molecule has 1 amide bonds. The summed E-state index contributed by atoms with van der Waals surface area (Å²) >= 11 is 0. The highest BCUT2D eigenvalue weighted by molar-refractivity contribution is 5.99. The number of amides is 1. The molecular formula is C17H19NO6. The van der Waals surface area contributed by atoms with Crippen molar-refractivity contribution in [2.24, 2.45) is 0 Å². The number of rotatable bonds is 6. The molecule has 3 rings (SSSR count). The molecule has 1 fully saturated rings. The minimum atomic E-state index is -0.984. The molecule has 0 bridgehead atoms. The van der Waals surface area contributed by atoms with Gasteiger partial charge in [0.25, 0.3) is 5.91 Å². The summed E-state index contributed by atoms with van der Waals surface area (Å²) in [5, 5.41) is 12.7. The maximum absolute atomic E-state index is 12.7. The van der Waals surface area contributed by atoms with Gasteiger partial charge >= 0.3 is 5.97 Å². The summed E-state index contributed by atoms with van der Waals surface area (Å²) in [7, 11) is 1.54. The number of carbonyl (C=O) groups excluding carboxylic acids is 1. The van der Waals surface area contributed by atoms with Crippen molar-refractivity contribution in [1.29, 1.82) is 0 Å². The first-order chi connectivity index (χ1) is 11.5. The van der Waals surface area contributed by atoms with Crippen molar-refractivity contribution >= 4 is 22.8 Å². The molecule has 1 aliphatic heterocycles. The second-order valence-electron chi connectivity index (χ2n) is 5.95. The van der Waals surface area contributed by atoms with E-state index in [2.05, 4.69) is 5.32 Å². The lowest BCUT2D eigenvalue weighted by molar-refractivity contribution is -0.138. The second-order valence-corrected chi connectivity index (χ2v) is 5.95. The molecule has 1 aromatic heterocycles. The van der Waals surface area contributed by atoms with Crippen LogP contribution in [0.15, 0.2) is 28.7 Å². The van der Waals surface area contributed by atoms with Crippen LogP contribution in [0.4, 0.5) is 0 Å². The molecule has 1 aliphatic rings. The lowest BCUT2D eigenvalue weighted by Crippen LogP contribution is -2.50. The van der Waals surface area contributed by atoms with Crippen molar-refractivity contribution in [2.75, 3.05) is 20.3 Å². The highest BCUT2D eigenvalue weighted by Gasteiger charge is 2.39. The third-order valence-corrected chi connectivity index (χ3v) is 4.16. The normalized spacial score (nSPS) is 20.4. The number of carboxylic acids is 1. The summed E-state index contributed by atoms with van der Waals surface area (Å²) in [5.74, 6) is -1.29. The molecule has 2 aromatic rings. The lowest BCUT2D eigenvalue weighted by Gasteiger charge is -2.26. The van der Waals surface area contributed by atoms with Gasteiger partial charge in [-0.1, -0.05) is 18.2 Å². The van der Waals surface area contributed by atoms with E-state index in [4.69, 9.17) is 19.0 Å². The van der Waals surface area contributed by atoms with E-state index in [-0.39, 0.29) is 25.4 Å². The molecule has 0 spiro atoms. The number of methoxy groups -OCH3 is 1. The molecule has 7 nitrogen and oxygen atoms in total. The van der Waals surface area contributed by atoms with Gasteiger partial charge in [0.15, 0.2) is 5.76 Å². The molecule has 1 saturated heterocycles. The number of nitrogens with one attached hydrogen (secondary N) is 1. The van der Waals surface area contributed by atoms with E-state index in [0.29, 0.717) is 24.2 Å². The topological polar surface area (TPSA) is 98.0 Å². The van der Waals surface area contributed by atoms with E-state index in [1.54, 1.807) is 13.2 Å². The quantitative estimate of drug-likeness (QED) is 0.838. The van der Waals surface area contributed by atoms with E-state index in [9.17, 15) is 9.59 Å². The van der Waals surface area contributed by atoms with E-state index in [1.165, 1.54) is 0 Å². The van der Waals surface area contributed by atoms with Gasteiger partial charge in [0.05, 0.1) is 25.2 Å². The molecule has 1 unspecified atom stereocenters. The zero-order valence-electron chi connectivity index (χ0n) is 13.3. The lowest BCUT2D eigenvalue weighted by atomic mass is 9.94. The Bertz CT molecular complexity index is 760. The molecule has 128 valence electrons. The molecule has 0 aliphatic carbocycles. The molecule has 0 radical (unpaired) electrons. The van der Waals surface area contributed by atoms with Gasteiger partial charge in [-0.05, 0) is 12.5 Å². The summed E-state index contributed by atoms with van der Waals surface area (Å²) in [6, 6.07) is 7.31. The predicted octanol–water partition coefficient (Wildman–Crippen LogP) is 1.94. The standard InChI is InChI=1S/C17H19NO6/c1-22-9-12-11-4-2-3-5-13(11)24-15(12)16(21)18-17(8-14(19)20)6-7-23-10-17/h2-5H,6-10H2,1H3,(H,18,21)(H,19,20). The second kappa shape index (κ2) is 6.62. The average Bonchev–Trinajstić information content (AvgIpc) is 3.12. The Morgan fingerprint density at radius 1 is 1.38 bits per heavy atom. The van der Waals surface area contributed by atoms with Gasteiger partial charge in [0.1, 0.15) is 5.58 Å². The zero-order chi connectivity index (χ0) is 17.2. The highest BCUT2D eigenvalue weighted by atomic mass is 16.5. The first kappa shape index (κ1) is 16.5. The average molecular weight is 333 g/mol. The van der Waals surface area contributed by atoms with Crippen molar-refractivity contribution in [2.45, 2.75) is 25.0 Å². The smallest absolute Gasteiger partial charge is 0.305 e. The van der Waals surface area contributed by atoms with Crippen molar-refractivity contribution in [1.82, 2.24) is 5.32 Å². The van der Waals surface area contributed by atoms with Gasteiger partial charge in [0, 0.05) is 24.7 Å². The number of carbonyl (C=O) groups is 2. The van der Waals surface area contributed by atoms with E-state index >= 15 is 0 Å². The molecule has 2 heterocycles. The van der Waals surface area contributed by atoms with Crippen molar-refractivity contribution in [3.05, 3.63) is 35.6 Å². The zero-order valence-corrected chi connectivity index (χ0v) is 13.3. The minimum Gasteiger partial charge on any atom is -0.481 e. The van der Waals surface area contributed by atoms with Gasteiger partial charge < -0.3 is 24.3 Å². The third kappa shape index (κ3) is 3.13. The van der Waals surface area contributed by atoms with Crippen molar-refractivity contribution < 1.29 is 28.6 Å². The molecule has 1 atom stereocenters. The first-order valence-electron chi connectivity index (χ1n) is 7.66. The number of para-hydroxylation sites is 1. The van der Waals surface area contributed by atoms with Gasteiger partial charge in [-0.15, -0.1) is 0 Å². The van der Waals surface area contributed by atoms with Crippen LogP contribution in [0.5, 0.6) is 0 Å². The van der Waals surface area contributed by atoms with E-state index in [1.807, 2.05) is 18.2 Å². The monoisotopic (exact) mass is 333 g/mol. The van der Waals surface area contributed by atoms with Gasteiger partial charge in [-0.3, -0.25) is 9.59 Å². The van der Waals surface area contributed by atoms with Crippen LogP contribution in [0.1, 0.15) is 29.0 Å². The fourth-order valence-corrected chi connectivity index (χ4v) is 3.05. The minimum absolute atomic E-state index is 0.148. The van der Waals surface area contributed by atoms with Crippen LogP contribution in [0.25, 0.3) is 11.0 Å². The summed E-state index contributed by atoms with van der Waals surface area (Å²) < 4.78 is 16.2. The van der Waals surface area contributed by atoms with Crippen LogP contribution in [0, 0.1) is 0 Å². The number of hydrogen-bond acceptors (Lipinski definition) is 5. The van der Waals surface area contributed by atoms with Gasteiger partial charge in [-0.2, -0.15) is 0 Å². The molecule has 1 aromatic carbocycles. The first-order valence-corrected chi connectivity index (χ1v) is 7.66. The van der Waals surface area contributed by atoms with Gasteiger partial charge in [-0.25, -0.2) is 0 Å². The molecule has 2 N–H and O–H groups in total. The van der Waals surface area contributed by atoms with Crippen molar-refractivity contribution in [3.63, 3.8) is 0 Å². The van der Waals surface area contributed by atoms with E-state index in [0.717, 1.165) is 5.39 Å². The summed E-state index contributed by atoms with van der Waals surface area (Å²) in [6.07, 6.45) is 0.253.